The molecule has 2 rings (SSSR count). The molecule has 116 valence electrons. The second kappa shape index (κ2) is 7.05. The lowest BCUT2D eigenvalue weighted by molar-refractivity contribution is -0.121. The third-order valence-electron chi connectivity index (χ3n) is 3.38. The van der Waals surface area contributed by atoms with Crippen molar-refractivity contribution in [3.63, 3.8) is 0 Å². The molecule has 0 radical (unpaired) electrons. The summed E-state index contributed by atoms with van der Waals surface area (Å²) in [5.74, 6) is 0.933. The Kier molecular flexibility index (Phi) is 5.13. The molecular formula is C13H22N6O2. The highest BCUT2D eigenvalue weighted by Gasteiger charge is 2.32. The predicted molar refractivity (Wildman–Crippen MR) is 79.6 cm³/mol. The molecule has 1 fully saturated rings. The summed E-state index contributed by atoms with van der Waals surface area (Å²) in [5, 5.41) is 5.81. The highest BCUT2D eigenvalue weighted by atomic mass is 16.5. The zero-order chi connectivity index (χ0) is 15.2. The van der Waals surface area contributed by atoms with Gasteiger partial charge in [-0.15, -0.1) is 0 Å². The van der Waals surface area contributed by atoms with Crippen LogP contribution in [0.5, 0.6) is 6.01 Å². The van der Waals surface area contributed by atoms with Crippen LogP contribution in [0.1, 0.15) is 26.2 Å². The molecule has 1 aromatic heterocycles. The van der Waals surface area contributed by atoms with Gasteiger partial charge in [-0.25, -0.2) is 0 Å². The molecule has 0 spiro atoms. The lowest BCUT2D eigenvalue weighted by Crippen LogP contribution is -2.42. The zero-order valence-electron chi connectivity index (χ0n) is 12.7. The first kappa shape index (κ1) is 15.3. The molecule has 8 heteroatoms. The van der Waals surface area contributed by atoms with Gasteiger partial charge in [0.2, 0.25) is 17.8 Å². The monoisotopic (exact) mass is 294 g/mol. The maximum Gasteiger partial charge on any atom is 0.322 e. The largest absolute Gasteiger partial charge is 0.467 e. The first-order chi connectivity index (χ1) is 10.2. The van der Waals surface area contributed by atoms with Crippen molar-refractivity contribution in [2.45, 2.75) is 32.2 Å². The van der Waals surface area contributed by atoms with E-state index < -0.39 is 0 Å². The molecule has 1 atom stereocenters. The van der Waals surface area contributed by atoms with Gasteiger partial charge in [0.15, 0.2) is 0 Å². The number of carbonyl (C=O) groups is 1. The van der Waals surface area contributed by atoms with Crippen LogP contribution in [0.15, 0.2) is 0 Å². The van der Waals surface area contributed by atoms with E-state index in [-0.39, 0.29) is 18.0 Å². The van der Waals surface area contributed by atoms with E-state index in [0.29, 0.717) is 11.9 Å². The third kappa shape index (κ3) is 3.50. The van der Waals surface area contributed by atoms with E-state index in [0.717, 1.165) is 32.4 Å². The Morgan fingerprint density at radius 1 is 1.43 bits per heavy atom. The van der Waals surface area contributed by atoms with Crippen LogP contribution in [0.4, 0.5) is 11.9 Å². The highest BCUT2D eigenvalue weighted by molar-refractivity contribution is 5.85. The van der Waals surface area contributed by atoms with Gasteiger partial charge in [0.25, 0.3) is 0 Å². The summed E-state index contributed by atoms with van der Waals surface area (Å²) >= 11 is 0. The minimum atomic E-state index is -0.235. The molecule has 1 unspecified atom stereocenters. The molecule has 1 aliphatic heterocycles. The first-order valence-corrected chi connectivity index (χ1v) is 7.21. The first-order valence-electron chi connectivity index (χ1n) is 7.21. The second-order valence-electron chi connectivity index (χ2n) is 4.84. The summed E-state index contributed by atoms with van der Waals surface area (Å²) in [5.41, 5.74) is 0. The number of likely N-dealkylation sites (N-methyl/N-ethyl adjacent to an activating group) is 1. The van der Waals surface area contributed by atoms with Gasteiger partial charge in [0.05, 0.1) is 7.11 Å². The molecule has 2 heterocycles. The summed E-state index contributed by atoms with van der Waals surface area (Å²) in [6.45, 7) is 3.58. The van der Waals surface area contributed by atoms with Crippen LogP contribution in [0.25, 0.3) is 0 Å². The lowest BCUT2D eigenvalue weighted by Gasteiger charge is -2.23. The fraction of sp³-hybridized carbons (Fsp3) is 0.692. The Hall–Kier alpha value is -2.12. The molecule has 2 N–H and O–H groups in total. The van der Waals surface area contributed by atoms with Gasteiger partial charge in [-0.3, -0.25) is 4.79 Å². The lowest BCUT2D eigenvalue weighted by atomic mass is 10.2. The van der Waals surface area contributed by atoms with Crippen molar-refractivity contribution in [1.82, 2.24) is 20.3 Å². The average Bonchev–Trinajstić information content (AvgIpc) is 3.01. The Bertz CT molecular complexity index is 496. The van der Waals surface area contributed by atoms with E-state index in [9.17, 15) is 4.79 Å². The smallest absolute Gasteiger partial charge is 0.322 e. The molecule has 0 aliphatic carbocycles. The highest BCUT2D eigenvalue weighted by Crippen LogP contribution is 2.24. The van der Waals surface area contributed by atoms with Gasteiger partial charge in [0, 0.05) is 20.1 Å². The van der Waals surface area contributed by atoms with Crippen LogP contribution in [0.3, 0.4) is 0 Å². The number of ether oxygens (including phenoxy) is 1. The number of hydrogen-bond donors (Lipinski definition) is 2. The molecule has 0 saturated carbocycles. The van der Waals surface area contributed by atoms with Gasteiger partial charge < -0.3 is 20.3 Å². The fourth-order valence-electron chi connectivity index (χ4n) is 2.33. The number of hydrogen-bond acceptors (Lipinski definition) is 7. The van der Waals surface area contributed by atoms with Crippen molar-refractivity contribution in [1.29, 1.82) is 0 Å². The fourth-order valence-corrected chi connectivity index (χ4v) is 2.33. The van der Waals surface area contributed by atoms with E-state index in [1.807, 2.05) is 4.90 Å². The number of nitrogens with zero attached hydrogens (tertiary/aromatic N) is 4. The SMILES string of the molecule is CCCNc1nc(OC)nc(N2CCCC2C(=O)NC)n1. The summed E-state index contributed by atoms with van der Waals surface area (Å²) in [4.78, 5) is 26.7. The summed E-state index contributed by atoms with van der Waals surface area (Å²) in [7, 11) is 3.16. The van der Waals surface area contributed by atoms with Crippen LogP contribution >= 0.6 is 0 Å². The topological polar surface area (TPSA) is 92.3 Å². The summed E-state index contributed by atoms with van der Waals surface area (Å²) in [6, 6.07) is 0.0160. The number of rotatable bonds is 6. The summed E-state index contributed by atoms with van der Waals surface area (Å²) < 4.78 is 5.13. The van der Waals surface area contributed by atoms with E-state index in [1.54, 1.807) is 7.05 Å². The number of amides is 1. The minimum absolute atomic E-state index is 0.0186. The average molecular weight is 294 g/mol. The molecule has 0 bridgehead atoms. The van der Waals surface area contributed by atoms with E-state index in [2.05, 4.69) is 32.5 Å². The quantitative estimate of drug-likeness (QED) is 0.785. The standard InChI is InChI=1S/C13H22N6O2/c1-4-7-15-11-16-12(18-13(17-11)21-3)19-8-5-6-9(19)10(20)14-2/h9H,4-8H2,1-3H3,(H,14,20)(H,15,16,17,18). The number of aromatic nitrogens is 3. The molecule has 1 aromatic rings. The maximum atomic E-state index is 11.9. The maximum absolute atomic E-state index is 11.9. The van der Waals surface area contributed by atoms with Crippen LogP contribution in [0, 0.1) is 0 Å². The van der Waals surface area contributed by atoms with Gasteiger partial charge in [-0.2, -0.15) is 15.0 Å². The van der Waals surface area contributed by atoms with Crippen LogP contribution in [-0.2, 0) is 4.79 Å². The molecule has 8 nitrogen and oxygen atoms in total. The molecule has 1 aliphatic rings. The number of anilines is 2. The van der Waals surface area contributed by atoms with Crippen molar-refractivity contribution in [3.8, 4) is 6.01 Å². The second-order valence-corrected chi connectivity index (χ2v) is 4.84. The third-order valence-corrected chi connectivity index (χ3v) is 3.38. The Balaban J connectivity index is 2.26. The van der Waals surface area contributed by atoms with Gasteiger partial charge in [-0.1, -0.05) is 6.92 Å². The predicted octanol–water partition coefficient (Wildman–Crippen LogP) is 0.417. The molecular weight excluding hydrogens is 272 g/mol. The molecule has 1 amide bonds. The van der Waals surface area contributed by atoms with E-state index in [4.69, 9.17) is 4.74 Å². The van der Waals surface area contributed by atoms with Crippen LogP contribution < -0.4 is 20.3 Å². The Morgan fingerprint density at radius 3 is 2.90 bits per heavy atom. The van der Waals surface area contributed by atoms with Gasteiger partial charge in [0.1, 0.15) is 6.04 Å². The van der Waals surface area contributed by atoms with Crippen molar-refractivity contribution < 1.29 is 9.53 Å². The van der Waals surface area contributed by atoms with Crippen molar-refractivity contribution >= 4 is 17.8 Å². The molecule has 21 heavy (non-hydrogen) atoms. The van der Waals surface area contributed by atoms with Gasteiger partial charge >= 0.3 is 6.01 Å². The minimum Gasteiger partial charge on any atom is -0.467 e. The number of carbonyl (C=O) groups excluding carboxylic acids is 1. The number of methoxy groups -OCH3 is 1. The zero-order valence-corrected chi connectivity index (χ0v) is 12.7. The van der Waals surface area contributed by atoms with Crippen molar-refractivity contribution in [2.24, 2.45) is 0 Å². The Morgan fingerprint density at radius 2 is 2.24 bits per heavy atom. The summed E-state index contributed by atoms with van der Waals surface area (Å²) in [6.07, 6.45) is 2.70. The van der Waals surface area contributed by atoms with Crippen LogP contribution in [-0.4, -0.2) is 54.1 Å². The Labute approximate surface area is 124 Å². The van der Waals surface area contributed by atoms with Crippen molar-refractivity contribution in [2.75, 3.05) is 37.5 Å². The van der Waals surface area contributed by atoms with E-state index in [1.165, 1.54) is 7.11 Å². The molecule has 0 aromatic carbocycles. The van der Waals surface area contributed by atoms with Gasteiger partial charge in [-0.05, 0) is 19.3 Å². The number of nitrogens with one attached hydrogen (secondary N) is 2. The van der Waals surface area contributed by atoms with Crippen molar-refractivity contribution in [3.05, 3.63) is 0 Å². The molecule has 1 saturated heterocycles. The normalized spacial score (nSPS) is 17.7. The van der Waals surface area contributed by atoms with E-state index >= 15 is 0 Å². The van der Waals surface area contributed by atoms with Crippen LogP contribution in [0.2, 0.25) is 0 Å².